The van der Waals surface area contributed by atoms with Crippen LogP contribution in [0.25, 0.3) is 11.2 Å². The van der Waals surface area contributed by atoms with Crippen molar-refractivity contribution in [1.82, 2.24) is 24.8 Å². The second kappa shape index (κ2) is 8.11. The van der Waals surface area contributed by atoms with Gasteiger partial charge in [-0.15, -0.1) is 0 Å². The molecule has 138 valence electrons. The van der Waals surface area contributed by atoms with Gasteiger partial charge in [0.25, 0.3) is 0 Å². The van der Waals surface area contributed by atoms with E-state index in [1.165, 1.54) is 5.56 Å². The topological polar surface area (TPSA) is 100 Å². The molecule has 0 saturated heterocycles. The van der Waals surface area contributed by atoms with Crippen molar-refractivity contribution in [3.63, 3.8) is 0 Å². The molecule has 3 rings (SSSR count). The fourth-order valence-corrected chi connectivity index (χ4v) is 2.73. The number of benzene rings is 1. The van der Waals surface area contributed by atoms with Crippen molar-refractivity contribution in [2.45, 2.75) is 26.1 Å². The summed E-state index contributed by atoms with van der Waals surface area (Å²) in [6.45, 7) is 3.81. The summed E-state index contributed by atoms with van der Waals surface area (Å²) >= 11 is 0. The summed E-state index contributed by atoms with van der Waals surface area (Å²) in [5.41, 5.74) is 9.63. The zero-order chi connectivity index (χ0) is 18.5. The predicted octanol–water partition coefficient (Wildman–Crippen LogP) is 1.59. The van der Waals surface area contributed by atoms with Crippen LogP contribution in [0.4, 0.5) is 5.82 Å². The predicted molar refractivity (Wildman–Crippen MR) is 100 cm³/mol. The maximum atomic E-state index is 6.02. The standard InChI is InChI=1S/C18H24N6O2/c1-12(10-25-3)26-18-22-16(19)15-17(23-18)24(11-21-15)9-14-6-4-13(5-7-14)8-20-2/h4-7,11-12,20H,8-10H2,1-3H3,(H2,19,22,23). The maximum absolute atomic E-state index is 6.02. The summed E-state index contributed by atoms with van der Waals surface area (Å²) in [6.07, 6.45) is 1.55. The zero-order valence-electron chi connectivity index (χ0n) is 15.3. The fourth-order valence-electron chi connectivity index (χ4n) is 2.73. The van der Waals surface area contributed by atoms with Crippen molar-refractivity contribution in [3.8, 4) is 6.01 Å². The molecule has 0 saturated carbocycles. The summed E-state index contributed by atoms with van der Waals surface area (Å²) < 4.78 is 12.7. The van der Waals surface area contributed by atoms with E-state index < -0.39 is 0 Å². The second-order valence-corrected chi connectivity index (χ2v) is 6.17. The first-order valence-electron chi connectivity index (χ1n) is 8.47. The zero-order valence-corrected chi connectivity index (χ0v) is 15.3. The highest BCUT2D eigenvalue weighted by Crippen LogP contribution is 2.21. The van der Waals surface area contributed by atoms with E-state index in [9.17, 15) is 0 Å². The van der Waals surface area contributed by atoms with Gasteiger partial charge in [-0.3, -0.25) is 0 Å². The first-order valence-corrected chi connectivity index (χ1v) is 8.47. The molecule has 0 aliphatic carbocycles. The van der Waals surface area contributed by atoms with Gasteiger partial charge in [-0.25, -0.2) is 4.98 Å². The molecule has 0 spiro atoms. The first-order chi connectivity index (χ1) is 12.6. The van der Waals surface area contributed by atoms with E-state index in [-0.39, 0.29) is 12.1 Å². The Balaban J connectivity index is 1.85. The molecule has 0 radical (unpaired) electrons. The number of nitrogen functional groups attached to an aromatic ring is 1. The number of imidazole rings is 1. The number of nitrogens with one attached hydrogen (secondary N) is 1. The Bertz CT molecular complexity index is 862. The lowest BCUT2D eigenvalue weighted by molar-refractivity contribution is 0.0859. The summed E-state index contributed by atoms with van der Waals surface area (Å²) in [4.78, 5) is 13.0. The van der Waals surface area contributed by atoms with E-state index in [1.807, 2.05) is 18.5 Å². The van der Waals surface area contributed by atoms with Gasteiger partial charge in [-0.05, 0) is 25.1 Å². The highest BCUT2D eigenvalue weighted by molar-refractivity contribution is 5.81. The van der Waals surface area contributed by atoms with Crippen LogP contribution in [0.5, 0.6) is 6.01 Å². The highest BCUT2D eigenvalue weighted by Gasteiger charge is 2.14. The smallest absolute Gasteiger partial charge is 0.320 e. The van der Waals surface area contributed by atoms with Crippen LogP contribution in [0.2, 0.25) is 0 Å². The van der Waals surface area contributed by atoms with Crippen molar-refractivity contribution in [3.05, 3.63) is 41.7 Å². The Hall–Kier alpha value is -2.71. The Kier molecular flexibility index (Phi) is 5.65. The lowest BCUT2D eigenvalue weighted by Crippen LogP contribution is -2.19. The van der Waals surface area contributed by atoms with Gasteiger partial charge in [-0.2, -0.15) is 9.97 Å². The van der Waals surface area contributed by atoms with Gasteiger partial charge in [0, 0.05) is 13.7 Å². The van der Waals surface area contributed by atoms with Crippen LogP contribution in [-0.4, -0.2) is 46.4 Å². The molecule has 1 atom stereocenters. The Morgan fingerprint density at radius 2 is 1.92 bits per heavy atom. The lowest BCUT2D eigenvalue weighted by Gasteiger charge is -2.12. The highest BCUT2D eigenvalue weighted by atomic mass is 16.5. The summed E-state index contributed by atoms with van der Waals surface area (Å²) in [6, 6.07) is 8.64. The van der Waals surface area contributed by atoms with Crippen LogP contribution in [0.3, 0.4) is 0 Å². The van der Waals surface area contributed by atoms with Crippen molar-refractivity contribution in [2.75, 3.05) is 26.5 Å². The minimum atomic E-state index is -0.173. The van der Waals surface area contributed by atoms with E-state index in [2.05, 4.69) is 44.5 Å². The van der Waals surface area contributed by atoms with Gasteiger partial charge in [0.05, 0.1) is 19.5 Å². The van der Waals surface area contributed by atoms with Crippen molar-refractivity contribution >= 4 is 17.0 Å². The van der Waals surface area contributed by atoms with Gasteiger partial charge in [0.2, 0.25) is 0 Å². The minimum absolute atomic E-state index is 0.173. The molecule has 0 aliphatic heterocycles. The normalized spacial score (nSPS) is 12.4. The number of anilines is 1. The second-order valence-electron chi connectivity index (χ2n) is 6.17. The number of hydrogen-bond acceptors (Lipinski definition) is 7. The molecule has 0 bridgehead atoms. The average molecular weight is 356 g/mol. The van der Waals surface area contributed by atoms with E-state index >= 15 is 0 Å². The van der Waals surface area contributed by atoms with Gasteiger partial charge >= 0.3 is 6.01 Å². The van der Waals surface area contributed by atoms with Gasteiger partial charge in [-0.1, -0.05) is 24.3 Å². The number of ether oxygens (including phenoxy) is 2. The van der Waals surface area contributed by atoms with Crippen LogP contribution in [-0.2, 0) is 17.8 Å². The minimum Gasteiger partial charge on any atom is -0.458 e. The summed E-state index contributed by atoms with van der Waals surface area (Å²) in [7, 11) is 3.55. The van der Waals surface area contributed by atoms with Crippen LogP contribution >= 0.6 is 0 Å². The van der Waals surface area contributed by atoms with E-state index in [0.29, 0.717) is 30.1 Å². The molecule has 0 aliphatic rings. The van der Waals surface area contributed by atoms with E-state index in [4.69, 9.17) is 15.2 Å². The van der Waals surface area contributed by atoms with Gasteiger partial charge in [0.1, 0.15) is 6.10 Å². The number of methoxy groups -OCH3 is 1. The van der Waals surface area contributed by atoms with Crippen LogP contribution in [0.15, 0.2) is 30.6 Å². The molecule has 26 heavy (non-hydrogen) atoms. The third-order valence-corrected chi connectivity index (χ3v) is 3.94. The summed E-state index contributed by atoms with van der Waals surface area (Å²) in [5, 5.41) is 3.14. The number of aromatic nitrogens is 4. The Labute approximate surface area is 152 Å². The molecule has 0 fully saturated rings. The molecule has 1 aromatic carbocycles. The van der Waals surface area contributed by atoms with E-state index in [1.54, 1.807) is 13.4 Å². The number of nitrogens with two attached hydrogens (primary N) is 1. The lowest BCUT2D eigenvalue weighted by atomic mass is 10.1. The molecule has 2 aromatic heterocycles. The van der Waals surface area contributed by atoms with Gasteiger partial charge in [0.15, 0.2) is 17.0 Å². The molecule has 3 aromatic rings. The molecule has 0 amide bonds. The SMILES string of the molecule is CNCc1ccc(Cn2cnc3c(N)nc(OC(C)COC)nc32)cc1. The molecular formula is C18H24N6O2. The third kappa shape index (κ3) is 4.09. The third-order valence-electron chi connectivity index (χ3n) is 3.94. The Morgan fingerprint density at radius 1 is 1.19 bits per heavy atom. The molecule has 8 nitrogen and oxygen atoms in total. The van der Waals surface area contributed by atoms with Crippen LogP contribution in [0, 0.1) is 0 Å². The van der Waals surface area contributed by atoms with E-state index in [0.717, 1.165) is 12.1 Å². The van der Waals surface area contributed by atoms with Crippen molar-refractivity contribution in [2.24, 2.45) is 0 Å². The van der Waals surface area contributed by atoms with Gasteiger partial charge < -0.3 is 25.1 Å². The quantitative estimate of drug-likeness (QED) is 0.632. The number of hydrogen-bond donors (Lipinski definition) is 2. The average Bonchev–Trinajstić information content (AvgIpc) is 3.00. The Morgan fingerprint density at radius 3 is 2.62 bits per heavy atom. The molecule has 8 heteroatoms. The molecule has 2 heterocycles. The number of fused-ring (bicyclic) bond motifs is 1. The summed E-state index contributed by atoms with van der Waals surface area (Å²) in [5.74, 6) is 0.303. The van der Waals surface area contributed by atoms with Crippen LogP contribution in [0.1, 0.15) is 18.1 Å². The fraction of sp³-hybridized carbons (Fsp3) is 0.389. The number of rotatable bonds is 8. The monoisotopic (exact) mass is 356 g/mol. The molecular weight excluding hydrogens is 332 g/mol. The van der Waals surface area contributed by atoms with Crippen molar-refractivity contribution < 1.29 is 9.47 Å². The largest absolute Gasteiger partial charge is 0.458 e. The van der Waals surface area contributed by atoms with Crippen LogP contribution < -0.4 is 15.8 Å². The maximum Gasteiger partial charge on any atom is 0.320 e. The van der Waals surface area contributed by atoms with Crippen molar-refractivity contribution in [1.29, 1.82) is 0 Å². The first kappa shape index (κ1) is 18.1. The molecule has 1 unspecified atom stereocenters. The molecule has 3 N–H and O–H groups in total. The number of nitrogens with zero attached hydrogens (tertiary/aromatic N) is 4.